The lowest BCUT2D eigenvalue weighted by atomic mass is 9.93. The third-order valence-corrected chi connectivity index (χ3v) is 5.42. The summed E-state index contributed by atoms with van der Waals surface area (Å²) in [6, 6.07) is 4.73. The Morgan fingerprint density at radius 2 is 2.06 bits per heavy atom. The number of anilines is 1. The predicted molar refractivity (Wildman–Crippen MR) is 102 cm³/mol. The summed E-state index contributed by atoms with van der Waals surface area (Å²) in [7, 11) is 0. The van der Waals surface area contributed by atoms with Gasteiger partial charge >= 0.3 is 6.18 Å². The van der Waals surface area contributed by atoms with Crippen molar-refractivity contribution in [2.24, 2.45) is 5.92 Å². The van der Waals surface area contributed by atoms with Gasteiger partial charge in [0.2, 0.25) is 5.91 Å². The number of aromatic amines is 1. The van der Waals surface area contributed by atoms with Gasteiger partial charge in [-0.3, -0.25) is 9.89 Å². The molecular formula is C20H14F5N5O. The van der Waals surface area contributed by atoms with E-state index in [1.165, 1.54) is 23.8 Å². The van der Waals surface area contributed by atoms with Crippen molar-refractivity contribution in [3.8, 4) is 11.1 Å². The van der Waals surface area contributed by atoms with Gasteiger partial charge in [-0.2, -0.15) is 23.4 Å². The summed E-state index contributed by atoms with van der Waals surface area (Å²) in [6.45, 7) is 1.28. The quantitative estimate of drug-likeness (QED) is 0.461. The first-order chi connectivity index (χ1) is 14.6. The minimum absolute atomic E-state index is 0.131. The first-order valence-corrected chi connectivity index (χ1v) is 9.32. The first-order valence-electron chi connectivity index (χ1n) is 9.32. The van der Waals surface area contributed by atoms with E-state index >= 15 is 0 Å². The second kappa shape index (κ2) is 6.50. The van der Waals surface area contributed by atoms with Crippen molar-refractivity contribution in [1.82, 2.24) is 19.8 Å². The summed E-state index contributed by atoms with van der Waals surface area (Å²) in [5, 5.41) is 12.8. The molecule has 11 heteroatoms. The molecule has 1 aliphatic rings. The standard InChI is InChI=1S/C20H14F5N5O/c1-8-15(12-7-26-28-18(12)16(17(8)22)20(23,24)25)9-2-3-30-10(4-9)5-14(29-30)27-19(31)11-6-13(11)21/h2-5,7,11,13H,6H2,1H3,(H,26,28)(H,27,29,31)/t11-,13+/m1/s1. The molecule has 2 N–H and O–H groups in total. The summed E-state index contributed by atoms with van der Waals surface area (Å²) < 4.78 is 69.5. The molecule has 0 spiro atoms. The van der Waals surface area contributed by atoms with Gasteiger partial charge in [-0.1, -0.05) is 0 Å². The third kappa shape index (κ3) is 3.11. The fraction of sp³-hybridized carbons (Fsp3) is 0.250. The molecule has 1 aliphatic carbocycles. The van der Waals surface area contributed by atoms with E-state index in [2.05, 4.69) is 20.6 Å². The number of carbonyl (C=O) groups is 1. The normalized spacial score (nSPS) is 18.6. The SMILES string of the molecule is Cc1c(F)c(C(F)(F)F)c2[nH]ncc2c1-c1ccn2nc(NC(=O)[C@@H]3C[C@@H]3F)cc2c1. The third-order valence-electron chi connectivity index (χ3n) is 5.42. The lowest BCUT2D eigenvalue weighted by Crippen LogP contribution is -2.15. The highest BCUT2D eigenvalue weighted by atomic mass is 19.4. The topological polar surface area (TPSA) is 75.1 Å². The van der Waals surface area contributed by atoms with Gasteiger partial charge in [0.15, 0.2) is 5.82 Å². The van der Waals surface area contributed by atoms with Gasteiger partial charge in [-0.25, -0.2) is 13.3 Å². The van der Waals surface area contributed by atoms with Gasteiger partial charge in [-0.15, -0.1) is 0 Å². The average Bonchev–Trinajstić information content (AvgIpc) is 3.07. The molecule has 0 aliphatic heterocycles. The van der Waals surface area contributed by atoms with Crippen LogP contribution in [0.25, 0.3) is 27.5 Å². The van der Waals surface area contributed by atoms with Crippen LogP contribution in [0.15, 0.2) is 30.6 Å². The fourth-order valence-electron chi connectivity index (χ4n) is 3.78. The number of nitrogens with one attached hydrogen (secondary N) is 2. The van der Waals surface area contributed by atoms with Crippen LogP contribution in [-0.2, 0) is 11.0 Å². The number of amides is 1. The maximum Gasteiger partial charge on any atom is 0.421 e. The molecule has 0 saturated heterocycles. The van der Waals surface area contributed by atoms with Crippen LogP contribution in [0, 0.1) is 18.7 Å². The lowest BCUT2D eigenvalue weighted by Gasteiger charge is -2.15. The van der Waals surface area contributed by atoms with Crippen molar-refractivity contribution in [1.29, 1.82) is 0 Å². The number of nitrogens with zero attached hydrogens (tertiary/aromatic N) is 3. The number of rotatable bonds is 3. The van der Waals surface area contributed by atoms with Crippen LogP contribution < -0.4 is 5.32 Å². The zero-order valence-corrected chi connectivity index (χ0v) is 15.9. The van der Waals surface area contributed by atoms with E-state index in [0.717, 1.165) is 0 Å². The van der Waals surface area contributed by atoms with Gasteiger partial charge < -0.3 is 5.32 Å². The van der Waals surface area contributed by atoms with Crippen molar-refractivity contribution < 1.29 is 26.7 Å². The number of hydrogen-bond acceptors (Lipinski definition) is 3. The molecule has 4 aromatic rings. The van der Waals surface area contributed by atoms with Crippen molar-refractivity contribution in [3.63, 3.8) is 0 Å². The monoisotopic (exact) mass is 435 g/mol. The molecule has 3 heterocycles. The molecule has 31 heavy (non-hydrogen) atoms. The van der Waals surface area contributed by atoms with Crippen LogP contribution in [-0.4, -0.2) is 31.9 Å². The van der Waals surface area contributed by atoms with Gasteiger partial charge in [0.25, 0.3) is 0 Å². The molecule has 0 bridgehead atoms. The molecule has 3 aromatic heterocycles. The number of halogens is 5. The second-order valence-corrected chi connectivity index (χ2v) is 7.51. The minimum Gasteiger partial charge on any atom is -0.309 e. The largest absolute Gasteiger partial charge is 0.421 e. The van der Waals surface area contributed by atoms with E-state index in [4.69, 9.17) is 0 Å². The molecule has 2 atom stereocenters. The highest BCUT2D eigenvalue weighted by molar-refractivity contribution is 5.99. The molecular weight excluding hydrogens is 421 g/mol. The summed E-state index contributed by atoms with van der Waals surface area (Å²) in [5.74, 6) is -2.29. The molecule has 0 unspecified atom stereocenters. The number of benzene rings is 1. The lowest BCUT2D eigenvalue weighted by molar-refractivity contribution is -0.138. The van der Waals surface area contributed by atoms with Gasteiger partial charge in [0.1, 0.15) is 17.6 Å². The van der Waals surface area contributed by atoms with E-state index in [9.17, 15) is 26.7 Å². The molecule has 1 aromatic carbocycles. The molecule has 5 rings (SSSR count). The maximum atomic E-state index is 14.8. The number of carbonyl (C=O) groups excluding carboxylic acids is 1. The van der Waals surface area contributed by atoms with Crippen LogP contribution in [0.2, 0.25) is 0 Å². The fourth-order valence-corrected chi connectivity index (χ4v) is 3.78. The van der Waals surface area contributed by atoms with Crippen molar-refractivity contribution in [2.45, 2.75) is 25.7 Å². The number of fused-ring (bicyclic) bond motifs is 2. The predicted octanol–water partition coefficient (Wildman–Crippen LogP) is 4.64. The molecule has 6 nitrogen and oxygen atoms in total. The summed E-state index contributed by atoms with van der Waals surface area (Å²) >= 11 is 0. The Hall–Kier alpha value is -3.50. The van der Waals surface area contributed by atoms with Crippen LogP contribution in [0.1, 0.15) is 17.5 Å². The highest BCUT2D eigenvalue weighted by Crippen LogP contribution is 2.42. The number of pyridine rings is 1. The smallest absolute Gasteiger partial charge is 0.309 e. The van der Waals surface area contributed by atoms with E-state index in [0.29, 0.717) is 11.1 Å². The van der Waals surface area contributed by atoms with E-state index in [1.807, 2.05) is 0 Å². The molecule has 160 valence electrons. The summed E-state index contributed by atoms with van der Waals surface area (Å²) in [6.07, 6.45) is -3.08. The Balaban J connectivity index is 1.60. The van der Waals surface area contributed by atoms with E-state index in [1.54, 1.807) is 18.2 Å². The van der Waals surface area contributed by atoms with Crippen LogP contribution in [0.5, 0.6) is 0 Å². The number of H-pyrrole nitrogens is 1. The summed E-state index contributed by atoms with van der Waals surface area (Å²) in [4.78, 5) is 11.9. The Morgan fingerprint density at radius 3 is 2.74 bits per heavy atom. The van der Waals surface area contributed by atoms with Gasteiger partial charge in [0.05, 0.1) is 23.1 Å². The van der Waals surface area contributed by atoms with Crippen LogP contribution >= 0.6 is 0 Å². The number of hydrogen-bond donors (Lipinski definition) is 2. The van der Waals surface area contributed by atoms with Crippen molar-refractivity contribution >= 4 is 28.1 Å². The molecule has 1 amide bonds. The van der Waals surface area contributed by atoms with E-state index < -0.39 is 41.1 Å². The van der Waals surface area contributed by atoms with Crippen LogP contribution in [0.3, 0.4) is 0 Å². The average molecular weight is 435 g/mol. The first kappa shape index (κ1) is 19.5. The van der Waals surface area contributed by atoms with Crippen molar-refractivity contribution in [2.75, 3.05) is 5.32 Å². The maximum absolute atomic E-state index is 14.8. The molecule has 0 radical (unpaired) electrons. The zero-order valence-electron chi connectivity index (χ0n) is 15.9. The Morgan fingerprint density at radius 1 is 1.32 bits per heavy atom. The Kier molecular flexibility index (Phi) is 4.08. The number of aromatic nitrogens is 4. The summed E-state index contributed by atoms with van der Waals surface area (Å²) in [5.41, 5.74) is -0.757. The highest BCUT2D eigenvalue weighted by Gasteiger charge is 2.44. The number of alkyl halides is 4. The minimum atomic E-state index is -4.89. The molecule has 1 fully saturated rings. The second-order valence-electron chi connectivity index (χ2n) is 7.51. The zero-order chi connectivity index (χ0) is 22.1. The van der Waals surface area contributed by atoms with Gasteiger partial charge in [-0.05, 0) is 42.2 Å². The van der Waals surface area contributed by atoms with Crippen LogP contribution in [0.4, 0.5) is 27.8 Å². The van der Waals surface area contributed by atoms with Gasteiger partial charge in [0, 0.05) is 17.6 Å². The molecule has 1 saturated carbocycles. The Bertz CT molecular complexity index is 1360. The van der Waals surface area contributed by atoms with E-state index in [-0.39, 0.29) is 28.8 Å². The Labute approximate surface area is 171 Å². The van der Waals surface area contributed by atoms with Crippen molar-refractivity contribution in [3.05, 3.63) is 47.5 Å².